The van der Waals surface area contributed by atoms with E-state index in [1.807, 2.05) is 0 Å². The normalized spacial score (nSPS) is 10.2. The van der Waals surface area contributed by atoms with Crippen molar-refractivity contribution in [2.75, 3.05) is 0 Å². The van der Waals surface area contributed by atoms with Gasteiger partial charge in [-0.05, 0) is 45.7 Å². The summed E-state index contributed by atoms with van der Waals surface area (Å²) in [5.41, 5.74) is 5.57. The zero-order valence-electron chi connectivity index (χ0n) is 9.31. The predicted octanol–water partition coefficient (Wildman–Crippen LogP) is 3.38. The van der Waals surface area contributed by atoms with Gasteiger partial charge in [0.25, 0.3) is 0 Å². The molecule has 0 amide bonds. The molecule has 0 aromatic carbocycles. The van der Waals surface area contributed by atoms with Gasteiger partial charge >= 0.3 is 0 Å². The lowest BCUT2D eigenvalue weighted by Crippen LogP contribution is -1.96. The summed E-state index contributed by atoms with van der Waals surface area (Å²) in [5, 5.41) is 0. The molecule has 0 radical (unpaired) electrons. The van der Waals surface area contributed by atoms with E-state index in [0.29, 0.717) is 0 Å². The van der Waals surface area contributed by atoms with Crippen molar-refractivity contribution >= 4 is 0 Å². The minimum atomic E-state index is 1.00. The molecule has 1 aromatic heterocycles. The SMILES string of the molecule is CC(C)=CCn1cc(C)c(C)c1C. The van der Waals surface area contributed by atoms with Crippen molar-refractivity contribution in [1.29, 1.82) is 0 Å². The van der Waals surface area contributed by atoms with E-state index < -0.39 is 0 Å². The molecular formula is C12H19N. The smallest absolute Gasteiger partial charge is 0.0405 e. The third kappa shape index (κ3) is 2.24. The Hall–Kier alpha value is -0.980. The van der Waals surface area contributed by atoms with E-state index >= 15 is 0 Å². The minimum Gasteiger partial charge on any atom is -0.347 e. The van der Waals surface area contributed by atoms with E-state index in [9.17, 15) is 0 Å². The molecule has 0 N–H and O–H groups in total. The summed E-state index contributed by atoms with van der Waals surface area (Å²) in [6.07, 6.45) is 4.48. The Balaban J connectivity index is 2.90. The van der Waals surface area contributed by atoms with Gasteiger partial charge in [0.1, 0.15) is 0 Å². The van der Waals surface area contributed by atoms with Gasteiger partial charge < -0.3 is 4.57 Å². The first-order valence-corrected chi connectivity index (χ1v) is 4.78. The fourth-order valence-corrected chi connectivity index (χ4v) is 1.40. The van der Waals surface area contributed by atoms with Crippen LogP contribution in [0.25, 0.3) is 0 Å². The Morgan fingerprint density at radius 3 is 2.31 bits per heavy atom. The molecule has 0 saturated heterocycles. The topological polar surface area (TPSA) is 4.93 Å². The molecule has 0 spiro atoms. The molecule has 1 heterocycles. The second-order valence-electron chi connectivity index (χ2n) is 3.96. The van der Waals surface area contributed by atoms with Crippen molar-refractivity contribution in [2.45, 2.75) is 41.2 Å². The monoisotopic (exact) mass is 177 g/mol. The summed E-state index contributed by atoms with van der Waals surface area (Å²) in [4.78, 5) is 0. The number of nitrogens with zero attached hydrogens (tertiary/aromatic N) is 1. The van der Waals surface area contributed by atoms with E-state index in [-0.39, 0.29) is 0 Å². The molecule has 1 rings (SSSR count). The van der Waals surface area contributed by atoms with Crippen LogP contribution in [0.5, 0.6) is 0 Å². The highest BCUT2D eigenvalue weighted by Gasteiger charge is 2.02. The molecule has 0 aliphatic heterocycles. The lowest BCUT2D eigenvalue weighted by atomic mass is 10.2. The van der Waals surface area contributed by atoms with Crippen LogP contribution >= 0.6 is 0 Å². The van der Waals surface area contributed by atoms with Crippen molar-refractivity contribution < 1.29 is 0 Å². The van der Waals surface area contributed by atoms with E-state index in [0.717, 1.165) is 6.54 Å². The Labute approximate surface area is 81.1 Å². The van der Waals surface area contributed by atoms with E-state index in [2.05, 4.69) is 51.5 Å². The zero-order valence-corrected chi connectivity index (χ0v) is 9.31. The highest BCUT2D eigenvalue weighted by Crippen LogP contribution is 2.14. The Morgan fingerprint density at radius 1 is 1.31 bits per heavy atom. The van der Waals surface area contributed by atoms with Gasteiger partial charge in [0.05, 0.1) is 0 Å². The molecule has 72 valence electrons. The van der Waals surface area contributed by atoms with Gasteiger partial charge in [0, 0.05) is 18.4 Å². The second-order valence-corrected chi connectivity index (χ2v) is 3.96. The van der Waals surface area contributed by atoms with Crippen molar-refractivity contribution in [3.05, 3.63) is 34.7 Å². The molecule has 0 saturated carbocycles. The van der Waals surface area contributed by atoms with E-state index in [4.69, 9.17) is 0 Å². The highest BCUT2D eigenvalue weighted by molar-refractivity contribution is 5.29. The first kappa shape index (κ1) is 10.1. The number of aryl methyl sites for hydroxylation is 1. The van der Waals surface area contributed by atoms with Crippen LogP contribution in [0.3, 0.4) is 0 Å². The van der Waals surface area contributed by atoms with E-state index in [1.165, 1.54) is 22.4 Å². The third-order valence-corrected chi connectivity index (χ3v) is 2.61. The second kappa shape index (κ2) is 3.82. The van der Waals surface area contributed by atoms with Gasteiger partial charge in [-0.3, -0.25) is 0 Å². The van der Waals surface area contributed by atoms with Crippen LogP contribution in [-0.2, 0) is 6.54 Å². The molecule has 0 aliphatic carbocycles. The molecule has 1 aromatic rings. The highest BCUT2D eigenvalue weighted by atomic mass is 15.0. The fourth-order valence-electron chi connectivity index (χ4n) is 1.40. The van der Waals surface area contributed by atoms with Gasteiger partial charge in [-0.1, -0.05) is 11.6 Å². The molecule has 1 heteroatoms. The van der Waals surface area contributed by atoms with Crippen molar-refractivity contribution in [2.24, 2.45) is 0 Å². The van der Waals surface area contributed by atoms with Crippen molar-refractivity contribution in [3.8, 4) is 0 Å². The number of aromatic nitrogens is 1. The summed E-state index contributed by atoms with van der Waals surface area (Å²) >= 11 is 0. The summed E-state index contributed by atoms with van der Waals surface area (Å²) in [6, 6.07) is 0. The number of rotatable bonds is 2. The van der Waals surface area contributed by atoms with Crippen LogP contribution in [0.2, 0.25) is 0 Å². The predicted molar refractivity (Wildman–Crippen MR) is 58.1 cm³/mol. The van der Waals surface area contributed by atoms with E-state index in [1.54, 1.807) is 0 Å². The maximum absolute atomic E-state index is 2.30. The number of allylic oxidation sites excluding steroid dienone is 2. The van der Waals surface area contributed by atoms with Crippen LogP contribution in [0, 0.1) is 20.8 Å². The van der Waals surface area contributed by atoms with Gasteiger partial charge in [-0.25, -0.2) is 0 Å². The summed E-state index contributed by atoms with van der Waals surface area (Å²) in [7, 11) is 0. The average molecular weight is 177 g/mol. The van der Waals surface area contributed by atoms with Crippen molar-refractivity contribution in [1.82, 2.24) is 4.57 Å². The molecule has 0 aliphatic rings. The Kier molecular flexibility index (Phi) is 2.97. The quantitative estimate of drug-likeness (QED) is 0.610. The van der Waals surface area contributed by atoms with Gasteiger partial charge in [0.2, 0.25) is 0 Å². The van der Waals surface area contributed by atoms with Gasteiger partial charge in [0.15, 0.2) is 0 Å². The standard InChI is InChI=1S/C12H19N/c1-9(2)6-7-13-8-10(3)11(4)12(13)5/h6,8H,7H2,1-5H3. The summed E-state index contributed by atoms with van der Waals surface area (Å²) < 4.78 is 2.30. The Morgan fingerprint density at radius 2 is 1.92 bits per heavy atom. The molecule has 0 bridgehead atoms. The van der Waals surface area contributed by atoms with Gasteiger partial charge in [-0.15, -0.1) is 0 Å². The molecule has 0 atom stereocenters. The maximum Gasteiger partial charge on any atom is 0.0405 e. The molecule has 0 fully saturated rings. The molecular weight excluding hydrogens is 158 g/mol. The fraction of sp³-hybridized carbons (Fsp3) is 0.500. The zero-order chi connectivity index (χ0) is 10.0. The molecule has 13 heavy (non-hydrogen) atoms. The average Bonchev–Trinajstić information content (AvgIpc) is 2.29. The lowest BCUT2D eigenvalue weighted by molar-refractivity contribution is 0.788. The largest absolute Gasteiger partial charge is 0.347 e. The van der Waals surface area contributed by atoms with Crippen LogP contribution in [0.15, 0.2) is 17.8 Å². The summed E-state index contributed by atoms with van der Waals surface area (Å²) in [5.74, 6) is 0. The van der Waals surface area contributed by atoms with Gasteiger partial charge in [-0.2, -0.15) is 0 Å². The maximum atomic E-state index is 2.30. The first-order chi connectivity index (χ1) is 6.02. The Bertz CT molecular complexity index is 325. The van der Waals surface area contributed by atoms with Crippen LogP contribution < -0.4 is 0 Å². The van der Waals surface area contributed by atoms with Crippen molar-refractivity contribution in [3.63, 3.8) is 0 Å². The number of hydrogen-bond donors (Lipinski definition) is 0. The summed E-state index contributed by atoms with van der Waals surface area (Å²) in [6.45, 7) is 11.8. The minimum absolute atomic E-state index is 1.00. The first-order valence-electron chi connectivity index (χ1n) is 4.78. The third-order valence-electron chi connectivity index (χ3n) is 2.61. The van der Waals surface area contributed by atoms with Crippen LogP contribution in [0.4, 0.5) is 0 Å². The molecule has 1 nitrogen and oxygen atoms in total. The lowest BCUT2D eigenvalue weighted by Gasteiger charge is -2.02. The number of hydrogen-bond acceptors (Lipinski definition) is 0. The van der Waals surface area contributed by atoms with Crippen LogP contribution in [-0.4, -0.2) is 4.57 Å². The van der Waals surface area contributed by atoms with Crippen LogP contribution in [0.1, 0.15) is 30.7 Å². The molecule has 0 unspecified atom stereocenters.